The van der Waals surface area contributed by atoms with Gasteiger partial charge >= 0.3 is 0 Å². The first-order chi connectivity index (χ1) is 9.50. The van der Waals surface area contributed by atoms with Crippen molar-refractivity contribution in [3.05, 3.63) is 39.1 Å². The Kier molecular flexibility index (Phi) is 4.73. The molecule has 2 heterocycles. The number of rotatable bonds is 6. The summed E-state index contributed by atoms with van der Waals surface area (Å²) in [6.07, 6.45) is 0.816. The van der Waals surface area contributed by atoms with Crippen LogP contribution in [-0.4, -0.2) is 28.5 Å². The molecule has 0 radical (unpaired) electrons. The predicted molar refractivity (Wildman–Crippen MR) is 80.6 cm³/mol. The molecular formula is C15H20N2O2S. The Morgan fingerprint density at radius 2 is 2.15 bits per heavy atom. The molecule has 0 aromatic carbocycles. The molecule has 0 unspecified atom stereocenters. The highest BCUT2D eigenvalue weighted by Gasteiger charge is 2.14. The van der Waals surface area contributed by atoms with Crippen LogP contribution in [0.4, 0.5) is 0 Å². The Morgan fingerprint density at radius 3 is 2.70 bits per heavy atom. The van der Waals surface area contributed by atoms with Crippen LogP contribution in [0.15, 0.2) is 11.6 Å². The van der Waals surface area contributed by atoms with E-state index in [1.165, 1.54) is 4.88 Å². The largest absolute Gasteiger partial charge is 0.373 e. The molecule has 0 fully saturated rings. The maximum absolute atomic E-state index is 12.1. The van der Waals surface area contributed by atoms with E-state index in [2.05, 4.69) is 4.98 Å². The molecule has 0 saturated carbocycles. The average Bonchev–Trinajstić information content (AvgIpc) is 2.94. The molecule has 0 aliphatic heterocycles. The number of ketones is 1. The topological polar surface area (TPSA) is 44.1 Å². The number of Topliss-reactive ketones (excluding diaryl/α,β-unsaturated/α-hetero) is 1. The number of carbonyl (C=O) groups is 1. The van der Waals surface area contributed by atoms with Gasteiger partial charge in [-0.2, -0.15) is 0 Å². The van der Waals surface area contributed by atoms with Crippen molar-refractivity contribution in [1.29, 1.82) is 0 Å². The second kappa shape index (κ2) is 6.33. The van der Waals surface area contributed by atoms with Crippen molar-refractivity contribution in [3.63, 3.8) is 0 Å². The second-order valence-electron chi connectivity index (χ2n) is 4.93. The van der Waals surface area contributed by atoms with E-state index in [4.69, 9.17) is 4.74 Å². The summed E-state index contributed by atoms with van der Waals surface area (Å²) >= 11 is 1.63. The van der Waals surface area contributed by atoms with E-state index in [9.17, 15) is 4.79 Å². The Hall–Kier alpha value is -1.46. The van der Waals surface area contributed by atoms with Crippen molar-refractivity contribution in [2.75, 3.05) is 13.2 Å². The SMILES string of the molecule is Cc1ncsc1CCOCC(=O)c1cc(C)n(C)c1C. The molecule has 20 heavy (non-hydrogen) atoms. The number of aromatic nitrogens is 2. The van der Waals surface area contributed by atoms with E-state index >= 15 is 0 Å². The van der Waals surface area contributed by atoms with Gasteiger partial charge in [-0.25, -0.2) is 4.98 Å². The number of carbonyl (C=O) groups excluding carboxylic acids is 1. The van der Waals surface area contributed by atoms with Gasteiger partial charge in [-0.05, 0) is 26.8 Å². The molecule has 0 bridgehead atoms. The number of hydrogen-bond acceptors (Lipinski definition) is 4. The maximum Gasteiger partial charge on any atom is 0.190 e. The molecule has 0 aliphatic rings. The average molecular weight is 292 g/mol. The Morgan fingerprint density at radius 1 is 1.40 bits per heavy atom. The zero-order valence-electron chi connectivity index (χ0n) is 12.4. The van der Waals surface area contributed by atoms with Gasteiger partial charge in [-0.1, -0.05) is 0 Å². The summed E-state index contributed by atoms with van der Waals surface area (Å²) in [5.41, 5.74) is 5.74. The van der Waals surface area contributed by atoms with Crippen LogP contribution in [-0.2, 0) is 18.2 Å². The number of thiazole rings is 1. The highest BCUT2D eigenvalue weighted by molar-refractivity contribution is 7.09. The number of aryl methyl sites for hydroxylation is 2. The van der Waals surface area contributed by atoms with Gasteiger partial charge < -0.3 is 9.30 Å². The number of hydrogen-bond donors (Lipinski definition) is 0. The van der Waals surface area contributed by atoms with Gasteiger partial charge in [0, 0.05) is 35.3 Å². The molecule has 0 spiro atoms. The second-order valence-corrected chi connectivity index (χ2v) is 5.87. The van der Waals surface area contributed by atoms with Crippen LogP contribution in [0.1, 0.15) is 32.3 Å². The van der Waals surface area contributed by atoms with Crippen LogP contribution < -0.4 is 0 Å². The van der Waals surface area contributed by atoms with Gasteiger partial charge in [0.2, 0.25) is 0 Å². The summed E-state index contributed by atoms with van der Waals surface area (Å²) in [5, 5.41) is 0. The fourth-order valence-electron chi connectivity index (χ4n) is 2.11. The van der Waals surface area contributed by atoms with Crippen molar-refractivity contribution in [2.45, 2.75) is 27.2 Å². The van der Waals surface area contributed by atoms with Crippen molar-refractivity contribution >= 4 is 17.1 Å². The van der Waals surface area contributed by atoms with Crippen molar-refractivity contribution in [2.24, 2.45) is 7.05 Å². The molecule has 0 N–H and O–H groups in total. The van der Waals surface area contributed by atoms with E-state index in [-0.39, 0.29) is 12.4 Å². The summed E-state index contributed by atoms with van der Waals surface area (Å²) in [6, 6.07) is 1.92. The molecule has 108 valence electrons. The van der Waals surface area contributed by atoms with Crippen molar-refractivity contribution in [3.8, 4) is 0 Å². The third kappa shape index (κ3) is 3.16. The van der Waals surface area contributed by atoms with Crippen LogP contribution in [0.3, 0.4) is 0 Å². The monoisotopic (exact) mass is 292 g/mol. The first kappa shape index (κ1) is 14.9. The third-order valence-electron chi connectivity index (χ3n) is 3.63. The molecule has 2 rings (SSSR count). The Bertz CT molecular complexity index is 613. The summed E-state index contributed by atoms with van der Waals surface area (Å²) < 4.78 is 7.52. The molecule has 0 amide bonds. The molecule has 0 aliphatic carbocycles. The van der Waals surface area contributed by atoms with Crippen LogP contribution in [0.2, 0.25) is 0 Å². The fraction of sp³-hybridized carbons (Fsp3) is 0.467. The normalized spacial score (nSPS) is 11.0. The zero-order valence-corrected chi connectivity index (χ0v) is 13.2. The van der Waals surface area contributed by atoms with Crippen molar-refractivity contribution < 1.29 is 9.53 Å². The van der Waals surface area contributed by atoms with E-state index in [1.807, 2.05) is 44.0 Å². The minimum absolute atomic E-state index is 0.0484. The lowest BCUT2D eigenvalue weighted by Gasteiger charge is -2.04. The highest BCUT2D eigenvalue weighted by atomic mass is 32.1. The smallest absolute Gasteiger partial charge is 0.190 e. The first-order valence-corrected chi connectivity index (χ1v) is 7.51. The zero-order chi connectivity index (χ0) is 14.7. The molecular weight excluding hydrogens is 272 g/mol. The first-order valence-electron chi connectivity index (χ1n) is 6.63. The Labute approximate surface area is 123 Å². The van der Waals surface area contributed by atoms with E-state index < -0.39 is 0 Å². The van der Waals surface area contributed by atoms with Gasteiger partial charge in [0.05, 0.1) is 17.8 Å². The summed E-state index contributed by atoms with van der Waals surface area (Å²) in [7, 11) is 1.97. The fourth-order valence-corrected chi connectivity index (χ4v) is 2.87. The third-order valence-corrected chi connectivity index (χ3v) is 4.62. The number of nitrogens with zero attached hydrogens (tertiary/aromatic N) is 2. The van der Waals surface area contributed by atoms with Crippen LogP contribution in [0.5, 0.6) is 0 Å². The van der Waals surface area contributed by atoms with E-state index in [0.29, 0.717) is 6.61 Å². The number of ether oxygens (including phenoxy) is 1. The molecule has 2 aromatic rings. The minimum atomic E-state index is 0.0484. The summed E-state index contributed by atoms with van der Waals surface area (Å²) in [4.78, 5) is 17.5. The lowest BCUT2D eigenvalue weighted by molar-refractivity contribution is 0.0765. The predicted octanol–water partition coefficient (Wildman–Crippen LogP) is 2.85. The lowest BCUT2D eigenvalue weighted by atomic mass is 10.1. The van der Waals surface area contributed by atoms with Gasteiger partial charge in [-0.3, -0.25) is 4.79 Å². The molecule has 0 atom stereocenters. The van der Waals surface area contributed by atoms with Gasteiger partial charge in [0.15, 0.2) is 5.78 Å². The molecule has 2 aromatic heterocycles. The van der Waals surface area contributed by atoms with Crippen LogP contribution in [0.25, 0.3) is 0 Å². The highest BCUT2D eigenvalue weighted by Crippen LogP contribution is 2.15. The van der Waals surface area contributed by atoms with Crippen LogP contribution in [0, 0.1) is 20.8 Å². The van der Waals surface area contributed by atoms with Gasteiger partial charge in [0.25, 0.3) is 0 Å². The molecule has 5 heteroatoms. The molecule has 4 nitrogen and oxygen atoms in total. The molecule has 0 saturated heterocycles. The van der Waals surface area contributed by atoms with Crippen LogP contribution >= 0.6 is 11.3 Å². The quantitative estimate of drug-likeness (QED) is 0.607. The Balaban J connectivity index is 1.83. The standard InChI is InChI=1S/C15H20N2O2S/c1-10-7-13(12(3)17(10)4)14(18)8-19-6-5-15-11(2)16-9-20-15/h7,9H,5-6,8H2,1-4H3. The lowest BCUT2D eigenvalue weighted by Crippen LogP contribution is -2.11. The minimum Gasteiger partial charge on any atom is -0.373 e. The van der Waals surface area contributed by atoms with Gasteiger partial charge in [-0.15, -0.1) is 11.3 Å². The summed E-state index contributed by atoms with van der Waals surface area (Å²) in [6.45, 7) is 6.65. The van der Waals surface area contributed by atoms with Crippen molar-refractivity contribution in [1.82, 2.24) is 9.55 Å². The summed E-state index contributed by atoms with van der Waals surface area (Å²) in [5.74, 6) is 0.0484. The maximum atomic E-state index is 12.1. The van der Waals surface area contributed by atoms with E-state index in [1.54, 1.807) is 11.3 Å². The van der Waals surface area contributed by atoms with E-state index in [0.717, 1.165) is 29.1 Å². The van der Waals surface area contributed by atoms with Gasteiger partial charge in [0.1, 0.15) is 6.61 Å².